The molecule has 4 aromatic rings. The van der Waals surface area contributed by atoms with E-state index in [-0.39, 0.29) is 0 Å². The molecule has 0 N–H and O–H groups in total. The summed E-state index contributed by atoms with van der Waals surface area (Å²) >= 11 is 0. The van der Waals surface area contributed by atoms with Crippen molar-refractivity contribution in [3.63, 3.8) is 0 Å². The summed E-state index contributed by atoms with van der Waals surface area (Å²) in [5.41, 5.74) is 4.42. The summed E-state index contributed by atoms with van der Waals surface area (Å²) in [5, 5.41) is 9.17. The fourth-order valence-electron chi connectivity index (χ4n) is 3.75. The van der Waals surface area contributed by atoms with Crippen LogP contribution in [-0.2, 0) is 5.41 Å². The molecule has 2 nitrogen and oxygen atoms in total. The molecule has 0 bridgehead atoms. The Labute approximate surface area is 159 Å². The molecule has 0 amide bonds. The van der Waals surface area contributed by atoms with Gasteiger partial charge in [-0.2, -0.15) is 5.26 Å². The lowest BCUT2D eigenvalue weighted by Crippen LogP contribution is -2.31. The van der Waals surface area contributed by atoms with Crippen LogP contribution >= 0.6 is 0 Å². The molecule has 0 atom stereocenters. The number of nitriles is 1. The summed E-state index contributed by atoms with van der Waals surface area (Å²) < 4.78 is 0. The van der Waals surface area contributed by atoms with Gasteiger partial charge < -0.3 is 0 Å². The summed E-state index contributed by atoms with van der Waals surface area (Å²) in [4.78, 5) is 4.38. The van der Waals surface area contributed by atoms with Gasteiger partial charge in [0.05, 0.1) is 5.41 Å². The molecule has 3 aromatic carbocycles. The first-order valence-corrected chi connectivity index (χ1v) is 8.89. The Kier molecular flexibility index (Phi) is 4.51. The molecule has 0 saturated carbocycles. The molecule has 1 aromatic heterocycles. The number of nitrogens with zero attached hydrogens (tertiary/aromatic N) is 2. The molecule has 0 spiro atoms. The lowest BCUT2D eigenvalue weighted by atomic mass is 9.65. The summed E-state index contributed by atoms with van der Waals surface area (Å²) in [6.45, 7) is 0. The van der Waals surface area contributed by atoms with Crippen LogP contribution in [-0.4, -0.2) is 4.98 Å². The molecule has 27 heavy (non-hydrogen) atoms. The average Bonchev–Trinajstić information content (AvgIpc) is 2.77. The standard InChI is InChI=1S/C25H18N2/c26-18-24-17-16-23(19-27-24)25(20-10-4-1-5-11-20,21-12-6-2-7-13-21)22-14-8-3-9-15-22/h1-17,19H. The zero-order valence-corrected chi connectivity index (χ0v) is 14.8. The highest BCUT2D eigenvalue weighted by atomic mass is 14.7. The lowest BCUT2D eigenvalue weighted by molar-refractivity contribution is 0.739. The van der Waals surface area contributed by atoms with E-state index in [1.54, 1.807) is 6.07 Å². The maximum atomic E-state index is 9.17. The average molecular weight is 346 g/mol. The van der Waals surface area contributed by atoms with Crippen LogP contribution in [0, 0.1) is 11.3 Å². The minimum Gasteiger partial charge on any atom is -0.245 e. The number of benzene rings is 3. The minimum absolute atomic E-state index is 0.418. The van der Waals surface area contributed by atoms with Crippen LogP contribution in [0.25, 0.3) is 0 Å². The van der Waals surface area contributed by atoms with Crippen molar-refractivity contribution in [1.29, 1.82) is 5.26 Å². The highest BCUT2D eigenvalue weighted by Crippen LogP contribution is 2.44. The van der Waals surface area contributed by atoms with Gasteiger partial charge in [-0.25, -0.2) is 4.98 Å². The van der Waals surface area contributed by atoms with E-state index < -0.39 is 5.41 Å². The van der Waals surface area contributed by atoms with Gasteiger partial charge in [0, 0.05) is 6.20 Å². The molecule has 4 rings (SSSR count). The van der Waals surface area contributed by atoms with E-state index >= 15 is 0 Å². The van der Waals surface area contributed by atoms with Crippen molar-refractivity contribution in [3.8, 4) is 6.07 Å². The second-order valence-electron chi connectivity index (χ2n) is 6.39. The summed E-state index contributed by atoms with van der Waals surface area (Å²) in [7, 11) is 0. The molecular formula is C25H18N2. The lowest BCUT2D eigenvalue weighted by Gasteiger charge is -2.36. The summed E-state index contributed by atoms with van der Waals surface area (Å²) in [6.07, 6.45) is 1.82. The van der Waals surface area contributed by atoms with Gasteiger partial charge in [0.15, 0.2) is 0 Å². The number of hydrogen-bond acceptors (Lipinski definition) is 2. The van der Waals surface area contributed by atoms with Crippen molar-refractivity contribution in [2.24, 2.45) is 0 Å². The molecule has 1 heterocycles. The molecule has 128 valence electrons. The Morgan fingerprint density at radius 1 is 0.556 bits per heavy atom. The van der Waals surface area contributed by atoms with Crippen molar-refractivity contribution in [1.82, 2.24) is 4.98 Å². The van der Waals surface area contributed by atoms with Gasteiger partial charge in [-0.05, 0) is 28.3 Å². The van der Waals surface area contributed by atoms with E-state index in [0.717, 1.165) is 22.3 Å². The van der Waals surface area contributed by atoms with Crippen molar-refractivity contribution >= 4 is 0 Å². The van der Waals surface area contributed by atoms with Gasteiger partial charge in [-0.1, -0.05) is 97.1 Å². The Morgan fingerprint density at radius 3 is 1.33 bits per heavy atom. The molecule has 0 unspecified atom stereocenters. The predicted molar refractivity (Wildman–Crippen MR) is 107 cm³/mol. The van der Waals surface area contributed by atoms with Crippen LogP contribution in [0.4, 0.5) is 0 Å². The second-order valence-corrected chi connectivity index (χ2v) is 6.39. The van der Waals surface area contributed by atoms with E-state index in [1.807, 2.05) is 30.5 Å². The number of hydrogen-bond donors (Lipinski definition) is 0. The monoisotopic (exact) mass is 346 g/mol. The zero-order chi connectivity index (χ0) is 18.5. The molecule has 0 saturated heterocycles. The van der Waals surface area contributed by atoms with Crippen molar-refractivity contribution < 1.29 is 0 Å². The second kappa shape index (κ2) is 7.27. The predicted octanol–water partition coefficient (Wildman–Crippen LogP) is 5.34. The third kappa shape index (κ3) is 2.90. The van der Waals surface area contributed by atoms with Crippen molar-refractivity contribution in [3.05, 3.63) is 137 Å². The Hall–Kier alpha value is -3.70. The highest BCUT2D eigenvalue weighted by Gasteiger charge is 2.38. The first kappa shape index (κ1) is 16.8. The Bertz CT molecular complexity index is 951. The molecule has 0 fully saturated rings. The van der Waals surface area contributed by atoms with Crippen molar-refractivity contribution in [2.45, 2.75) is 5.41 Å². The SMILES string of the molecule is N#Cc1ccc(C(c2ccccc2)(c2ccccc2)c2ccccc2)cn1. The van der Waals surface area contributed by atoms with Gasteiger partial charge in [0.2, 0.25) is 0 Å². The van der Waals surface area contributed by atoms with Gasteiger partial charge >= 0.3 is 0 Å². The molecule has 0 aliphatic carbocycles. The Balaban J connectivity index is 2.11. The maximum absolute atomic E-state index is 9.17. The third-order valence-electron chi connectivity index (χ3n) is 4.93. The Morgan fingerprint density at radius 2 is 1.00 bits per heavy atom. The van der Waals surface area contributed by atoms with E-state index in [2.05, 4.69) is 83.8 Å². The first-order chi connectivity index (χ1) is 13.4. The summed E-state index contributed by atoms with van der Waals surface area (Å²) in [5.74, 6) is 0. The van der Waals surface area contributed by atoms with Gasteiger partial charge in [-0.3, -0.25) is 0 Å². The molecule has 0 aliphatic rings. The first-order valence-electron chi connectivity index (χ1n) is 8.89. The van der Waals surface area contributed by atoms with Gasteiger partial charge in [0.1, 0.15) is 11.8 Å². The normalized spacial score (nSPS) is 10.9. The topological polar surface area (TPSA) is 36.7 Å². The smallest absolute Gasteiger partial charge is 0.140 e. The van der Waals surface area contributed by atoms with Crippen LogP contribution in [0.3, 0.4) is 0 Å². The van der Waals surface area contributed by atoms with Gasteiger partial charge in [0.25, 0.3) is 0 Å². The maximum Gasteiger partial charge on any atom is 0.140 e. The van der Waals surface area contributed by atoms with Crippen LogP contribution < -0.4 is 0 Å². The molecular weight excluding hydrogens is 328 g/mol. The quantitative estimate of drug-likeness (QED) is 0.468. The molecule has 2 heteroatoms. The van der Waals surface area contributed by atoms with Crippen LogP contribution in [0.5, 0.6) is 0 Å². The highest BCUT2D eigenvalue weighted by molar-refractivity contribution is 5.59. The van der Waals surface area contributed by atoms with Crippen molar-refractivity contribution in [2.75, 3.05) is 0 Å². The van der Waals surface area contributed by atoms with Crippen LogP contribution in [0.15, 0.2) is 109 Å². The number of aromatic nitrogens is 1. The van der Waals surface area contributed by atoms with E-state index in [1.165, 1.54) is 0 Å². The van der Waals surface area contributed by atoms with Crippen LogP contribution in [0.2, 0.25) is 0 Å². The van der Waals surface area contributed by atoms with E-state index in [0.29, 0.717) is 5.69 Å². The number of rotatable bonds is 4. The van der Waals surface area contributed by atoms with E-state index in [4.69, 9.17) is 5.26 Å². The van der Waals surface area contributed by atoms with E-state index in [9.17, 15) is 0 Å². The fraction of sp³-hybridized carbons (Fsp3) is 0.0400. The third-order valence-corrected chi connectivity index (χ3v) is 4.93. The molecule has 0 aliphatic heterocycles. The number of pyridine rings is 1. The fourth-order valence-corrected chi connectivity index (χ4v) is 3.75. The molecule has 0 radical (unpaired) electrons. The summed E-state index contributed by atoms with van der Waals surface area (Å²) in [6, 6.07) is 37.3. The van der Waals surface area contributed by atoms with Gasteiger partial charge in [-0.15, -0.1) is 0 Å². The zero-order valence-electron chi connectivity index (χ0n) is 14.8. The largest absolute Gasteiger partial charge is 0.245 e. The minimum atomic E-state index is -0.509. The van der Waals surface area contributed by atoms with Crippen LogP contribution in [0.1, 0.15) is 27.9 Å².